The van der Waals surface area contributed by atoms with E-state index in [9.17, 15) is 9.59 Å². The van der Waals surface area contributed by atoms with Crippen LogP contribution < -0.4 is 5.32 Å². The molecule has 0 aliphatic carbocycles. The predicted molar refractivity (Wildman–Crippen MR) is 86.6 cm³/mol. The van der Waals surface area contributed by atoms with Crippen molar-refractivity contribution in [3.63, 3.8) is 0 Å². The van der Waals surface area contributed by atoms with Crippen molar-refractivity contribution in [1.29, 1.82) is 0 Å². The van der Waals surface area contributed by atoms with Crippen LogP contribution in [-0.2, 0) is 16.1 Å². The van der Waals surface area contributed by atoms with Gasteiger partial charge < -0.3 is 10.1 Å². The number of benzene rings is 1. The van der Waals surface area contributed by atoms with Crippen molar-refractivity contribution in [3.05, 3.63) is 35.4 Å². The highest BCUT2D eigenvalue weighted by Gasteiger charge is 2.16. The normalized spacial score (nSPS) is 11.4. The van der Waals surface area contributed by atoms with Gasteiger partial charge in [-0.15, -0.1) is 0 Å². The van der Waals surface area contributed by atoms with Crippen molar-refractivity contribution in [2.45, 2.75) is 39.8 Å². The number of nitrogens with zero attached hydrogens (tertiary/aromatic N) is 1. The Bertz CT molecular complexity index is 521. The van der Waals surface area contributed by atoms with Gasteiger partial charge in [0.05, 0.1) is 19.2 Å². The Labute approximate surface area is 132 Å². The van der Waals surface area contributed by atoms with Gasteiger partial charge in [-0.3, -0.25) is 9.69 Å². The molecule has 0 aromatic heterocycles. The van der Waals surface area contributed by atoms with E-state index < -0.39 is 0 Å². The van der Waals surface area contributed by atoms with Crippen molar-refractivity contribution in [1.82, 2.24) is 10.2 Å². The van der Waals surface area contributed by atoms with Gasteiger partial charge >= 0.3 is 5.97 Å². The van der Waals surface area contributed by atoms with Crippen molar-refractivity contribution >= 4 is 11.9 Å². The highest BCUT2D eigenvalue weighted by Crippen LogP contribution is 2.10. The van der Waals surface area contributed by atoms with Crippen LogP contribution in [-0.4, -0.2) is 42.5 Å². The van der Waals surface area contributed by atoms with E-state index in [1.54, 1.807) is 12.1 Å². The molecule has 122 valence electrons. The fraction of sp³-hybridized carbons (Fsp3) is 0.529. The average Bonchev–Trinajstić information content (AvgIpc) is 2.44. The zero-order valence-corrected chi connectivity index (χ0v) is 14.1. The van der Waals surface area contributed by atoms with E-state index in [4.69, 9.17) is 4.74 Å². The molecule has 0 aliphatic rings. The molecule has 0 radical (unpaired) electrons. The molecule has 22 heavy (non-hydrogen) atoms. The van der Waals surface area contributed by atoms with Gasteiger partial charge in [0.15, 0.2) is 0 Å². The summed E-state index contributed by atoms with van der Waals surface area (Å²) in [6.45, 7) is 9.58. The molecule has 1 N–H and O–H groups in total. The van der Waals surface area contributed by atoms with Crippen LogP contribution in [0.2, 0.25) is 0 Å². The van der Waals surface area contributed by atoms with Crippen LogP contribution in [0.15, 0.2) is 24.3 Å². The monoisotopic (exact) mass is 306 g/mol. The third kappa shape index (κ3) is 6.26. The molecule has 5 heteroatoms. The van der Waals surface area contributed by atoms with Crippen LogP contribution in [0.4, 0.5) is 0 Å². The van der Waals surface area contributed by atoms with Gasteiger partial charge in [-0.25, -0.2) is 4.79 Å². The second-order valence-corrected chi connectivity index (χ2v) is 6.29. The second kappa shape index (κ2) is 7.94. The minimum absolute atomic E-state index is 0.00141. The molecule has 0 saturated heterocycles. The van der Waals surface area contributed by atoms with Crippen molar-refractivity contribution in [2.75, 3.05) is 20.2 Å². The van der Waals surface area contributed by atoms with Gasteiger partial charge in [-0.1, -0.05) is 19.1 Å². The first-order valence-corrected chi connectivity index (χ1v) is 7.45. The number of rotatable bonds is 6. The largest absolute Gasteiger partial charge is 0.465 e. The van der Waals surface area contributed by atoms with Crippen molar-refractivity contribution < 1.29 is 14.3 Å². The topological polar surface area (TPSA) is 58.6 Å². The van der Waals surface area contributed by atoms with Gasteiger partial charge in [0.1, 0.15) is 0 Å². The van der Waals surface area contributed by atoms with E-state index in [1.807, 2.05) is 44.7 Å². The summed E-state index contributed by atoms with van der Waals surface area (Å²) >= 11 is 0. The molecule has 1 amide bonds. The lowest BCUT2D eigenvalue weighted by molar-refractivity contribution is -0.123. The van der Waals surface area contributed by atoms with Crippen LogP contribution in [0, 0.1) is 0 Å². The van der Waals surface area contributed by atoms with Gasteiger partial charge in [0.2, 0.25) is 5.91 Å². The maximum atomic E-state index is 12.0. The summed E-state index contributed by atoms with van der Waals surface area (Å²) < 4.78 is 4.73. The Kier molecular flexibility index (Phi) is 6.56. The number of carbonyl (C=O) groups is 2. The maximum absolute atomic E-state index is 12.0. The van der Waals surface area contributed by atoms with E-state index in [1.165, 1.54) is 7.11 Å². The SMILES string of the molecule is CCN(CC(=O)NC(C)(C)C)Cc1cccc(C(=O)OC)c1. The Hall–Kier alpha value is -1.88. The molecule has 1 aromatic rings. The van der Waals surface area contributed by atoms with Crippen molar-refractivity contribution in [3.8, 4) is 0 Å². The molecular formula is C17H26N2O3. The highest BCUT2D eigenvalue weighted by atomic mass is 16.5. The zero-order valence-electron chi connectivity index (χ0n) is 14.1. The first kappa shape index (κ1) is 18.2. The number of hydrogen-bond acceptors (Lipinski definition) is 4. The van der Waals surface area contributed by atoms with Crippen LogP contribution in [0.3, 0.4) is 0 Å². The number of methoxy groups -OCH3 is 1. The lowest BCUT2D eigenvalue weighted by Crippen LogP contribution is -2.45. The Morgan fingerprint density at radius 3 is 2.50 bits per heavy atom. The Balaban J connectivity index is 2.70. The number of amides is 1. The summed E-state index contributed by atoms with van der Waals surface area (Å²) in [5.74, 6) is -0.353. The van der Waals surface area contributed by atoms with Gasteiger partial charge in [0, 0.05) is 12.1 Å². The summed E-state index contributed by atoms with van der Waals surface area (Å²) in [6.07, 6.45) is 0. The molecule has 1 aromatic carbocycles. The molecule has 1 rings (SSSR count). The highest BCUT2D eigenvalue weighted by molar-refractivity contribution is 5.89. The number of carbonyl (C=O) groups excluding carboxylic acids is 2. The number of hydrogen-bond donors (Lipinski definition) is 1. The standard InChI is InChI=1S/C17H26N2O3/c1-6-19(12-15(20)18-17(2,3)4)11-13-8-7-9-14(10-13)16(21)22-5/h7-10H,6,11-12H2,1-5H3,(H,18,20). The zero-order chi connectivity index (χ0) is 16.8. The average molecular weight is 306 g/mol. The molecule has 0 atom stereocenters. The van der Waals surface area contributed by atoms with E-state index in [2.05, 4.69) is 5.32 Å². The van der Waals surface area contributed by atoms with Gasteiger partial charge in [0.25, 0.3) is 0 Å². The van der Waals surface area contributed by atoms with E-state index in [0.717, 1.165) is 12.1 Å². The molecule has 0 saturated carbocycles. The molecular weight excluding hydrogens is 280 g/mol. The van der Waals surface area contributed by atoms with E-state index in [-0.39, 0.29) is 17.4 Å². The first-order chi connectivity index (χ1) is 10.2. The number of esters is 1. The lowest BCUT2D eigenvalue weighted by atomic mass is 10.1. The van der Waals surface area contributed by atoms with E-state index >= 15 is 0 Å². The molecule has 0 unspecified atom stereocenters. The molecule has 0 heterocycles. The fourth-order valence-corrected chi connectivity index (χ4v) is 2.11. The molecule has 0 spiro atoms. The molecule has 0 bridgehead atoms. The lowest BCUT2D eigenvalue weighted by Gasteiger charge is -2.25. The summed E-state index contributed by atoms with van der Waals surface area (Å²) in [6, 6.07) is 7.29. The van der Waals surface area contributed by atoms with Crippen LogP contribution in [0.25, 0.3) is 0 Å². The summed E-state index contributed by atoms with van der Waals surface area (Å²) in [4.78, 5) is 25.6. The minimum Gasteiger partial charge on any atom is -0.465 e. The van der Waals surface area contributed by atoms with E-state index in [0.29, 0.717) is 18.7 Å². The molecule has 0 fully saturated rings. The minimum atomic E-state index is -0.352. The molecule has 5 nitrogen and oxygen atoms in total. The second-order valence-electron chi connectivity index (χ2n) is 6.29. The van der Waals surface area contributed by atoms with Crippen LogP contribution in [0.1, 0.15) is 43.6 Å². The molecule has 0 aliphatic heterocycles. The predicted octanol–water partition coefficient (Wildman–Crippen LogP) is 2.21. The van der Waals surface area contributed by atoms with Gasteiger partial charge in [-0.2, -0.15) is 0 Å². The van der Waals surface area contributed by atoms with Crippen LogP contribution in [0.5, 0.6) is 0 Å². The summed E-state index contributed by atoms with van der Waals surface area (Å²) in [5, 5.41) is 2.95. The quantitative estimate of drug-likeness (QED) is 0.819. The van der Waals surface area contributed by atoms with Crippen LogP contribution >= 0.6 is 0 Å². The number of ether oxygens (including phenoxy) is 1. The summed E-state index contributed by atoms with van der Waals surface area (Å²) in [7, 11) is 1.37. The first-order valence-electron chi connectivity index (χ1n) is 7.45. The number of likely N-dealkylation sites (N-methyl/N-ethyl adjacent to an activating group) is 1. The number of nitrogens with one attached hydrogen (secondary N) is 1. The fourth-order valence-electron chi connectivity index (χ4n) is 2.11. The van der Waals surface area contributed by atoms with Gasteiger partial charge in [-0.05, 0) is 45.0 Å². The summed E-state index contributed by atoms with van der Waals surface area (Å²) in [5.41, 5.74) is 1.27. The Morgan fingerprint density at radius 1 is 1.27 bits per heavy atom. The third-order valence-electron chi connectivity index (χ3n) is 3.08. The third-order valence-corrected chi connectivity index (χ3v) is 3.08. The maximum Gasteiger partial charge on any atom is 0.337 e. The smallest absolute Gasteiger partial charge is 0.337 e. The Morgan fingerprint density at radius 2 is 1.95 bits per heavy atom. The van der Waals surface area contributed by atoms with Crippen molar-refractivity contribution in [2.24, 2.45) is 0 Å².